The van der Waals surface area contributed by atoms with Crippen LogP contribution in [0.15, 0.2) is 24.3 Å². The van der Waals surface area contributed by atoms with Crippen molar-refractivity contribution in [2.24, 2.45) is 5.73 Å². The number of anilines is 1. The first kappa shape index (κ1) is 16.3. The number of rotatable bonds is 7. The Morgan fingerprint density at radius 1 is 1.10 bits per heavy atom. The van der Waals surface area contributed by atoms with Crippen LogP contribution < -0.4 is 10.0 Å². The molecule has 2 rings (SSSR count). The molecule has 0 atom stereocenters. The summed E-state index contributed by atoms with van der Waals surface area (Å²) in [6.45, 7) is 0.393. The number of sulfone groups is 1. The summed E-state index contributed by atoms with van der Waals surface area (Å²) in [7, 11) is -6.95. The van der Waals surface area contributed by atoms with Gasteiger partial charge in [-0.25, -0.2) is 16.8 Å². The van der Waals surface area contributed by atoms with Gasteiger partial charge in [0.1, 0.15) is 9.84 Å². The van der Waals surface area contributed by atoms with Gasteiger partial charge in [-0.3, -0.25) is 4.31 Å². The summed E-state index contributed by atoms with van der Waals surface area (Å²) in [6, 6.07) is 6.96. The van der Waals surface area contributed by atoms with Gasteiger partial charge in [-0.15, -0.1) is 0 Å². The molecule has 0 spiro atoms. The molecule has 1 aromatic rings. The molecular weight excluding hydrogens is 312 g/mol. The van der Waals surface area contributed by atoms with Crippen molar-refractivity contribution in [3.05, 3.63) is 29.8 Å². The van der Waals surface area contributed by atoms with Gasteiger partial charge in [0, 0.05) is 18.8 Å². The molecule has 0 bridgehead atoms. The fourth-order valence-electron chi connectivity index (χ4n) is 2.04. The number of hydrogen-bond acceptors (Lipinski definition) is 5. The minimum atomic E-state index is -3.64. The molecule has 1 aromatic carbocycles. The van der Waals surface area contributed by atoms with E-state index in [0.717, 1.165) is 24.7 Å². The quantitative estimate of drug-likeness (QED) is 0.783. The molecule has 0 aromatic heterocycles. The summed E-state index contributed by atoms with van der Waals surface area (Å²) in [5.74, 6) is -0.750. The lowest BCUT2D eigenvalue weighted by atomic mass is 10.2. The van der Waals surface area contributed by atoms with Crippen LogP contribution >= 0.6 is 0 Å². The Labute approximate surface area is 125 Å². The maximum atomic E-state index is 12.5. The molecule has 21 heavy (non-hydrogen) atoms. The summed E-state index contributed by atoms with van der Waals surface area (Å²) < 4.78 is 48.7. The van der Waals surface area contributed by atoms with E-state index in [2.05, 4.69) is 0 Å². The van der Waals surface area contributed by atoms with E-state index < -0.39 is 19.9 Å². The van der Waals surface area contributed by atoms with Gasteiger partial charge in [-0.2, -0.15) is 0 Å². The van der Waals surface area contributed by atoms with Crippen molar-refractivity contribution in [1.82, 2.24) is 0 Å². The maximum Gasteiger partial charge on any atom is 0.236 e. The molecular formula is C13H20N2O4S2. The molecule has 0 heterocycles. The van der Waals surface area contributed by atoms with E-state index >= 15 is 0 Å². The van der Waals surface area contributed by atoms with E-state index in [-0.39, 0.29) is 17.5 Å². The van der Waals surface area contributed by atoms with Gasteiger partial charge in [0.25, 0.3) is 0 Å². The number of sulfonamides is 1. The van der Waals surface area contributed by atoms with Crippen molar-refractivity contribution < 1.29 is 16.8 Å². The lowest BCUT2D eigenvalue weighted by Gasteiger charge is -2.24. The van der Waals surface area contributed by atoms with Crippen LogP contribution in [0.2, 0.25) is 0 Å². The number of benzene rings is 1. The predicted octanol–water partition coefficient (Wildman–Crippen LogP) is 0.488. The van der Waals surface area contributed by atoms with Crippen molar-refractivity contribution in [3.8, 4) is 0 Å². The standard InChI is InChI=1S/C13H20N2O4S2/c1-20(16,17)8-9-21(18,19)15(13-6-7-13)12-4-2-11(10-14)3-5-12/h2-5,13H,6-10,14H2,1H3. The van der Waals surface area contributed by atoms with Crippen LogP contribution in [0.4, 0.5) is 5.69 Å². The zero-order valence-electron chi connectivity index (χ0n) is 11.9. The summed E-state index contributed by atoms with van der Waals surface area (Å²) >= 11 is 0. The van der Waals surface area contributed by atoms with Gasteiger partial charge in [-0.05, 0) is 30.5 Å². The van der Waals surface area contributed by atoms with Gasteiger partial charge >= 0.3 is 0 Å². The van der Waals surface area contributed by atoms with Crippen LogP contribution in [0.3, 0.4) is 0 Å². The normalized spacial score (nSPS) is 15.9. The molecule has 0 saturated heterocycles. The van der Waals surface area contributed by atoms with Gasteiger partial charge in [-0.1, -0.05) is 12.1 Å². The van der Waals surface area contributed by atoms with Crippen molar-refractivity contribution in [3.63, 3.8) is 0 Å². The van der Waals surface area contributed by atoms with E-state index in [1.54, 1.807) is 24.3 Å². The highest BCUT2D eigenvalue weighted by molar-refractivity contribution is 7.95. The lowest BCUT2D eigenvalue weighted by molar-refractivity contribution is 0.586. The van der Waals surface area contributed by atoms with Gasteiger partial charge in [0.15, 0.2) is 0 Å². The minimum absolute atomic E-state index is 0.0571. The third-order valence-corrected chi connectivity index (χ3v) is 6.35. The Morgan fingerprint density at radius 3 is 2.10 bits per heavy atom. The average molecular weight is 332 g/mol. The Bertz CT molecular complexity index is 692. The van der Waals surface area contributed by atoms with Crippen LogP contribution in [0.5, 0.6) is 0 Å². The fraction of sp³-hybridized carbons (Fsp3) is 0.538. The highest BCUT2D eigenvalue weighted by Gasteiger charge is 2.37. The first-order valence-electron chi connectivity index (χ1n) is 6.72. The van der Waals surface area contributed by atoms with Gasteiger partial charge in [0.2, 0.25) is 10.0 Å². The van der Waals surface area contributed by atoms with Crippen LogP contribution in [-0.2, 0) is 26.4 Å². The smallest absolute Gasteiger partial charge is 0.236 e. The zero-order chi connectivity index (χ0) is 15.7. The topological polar surface area (TPSA) is 97.5 Å². The van der Waals surface area contributed by atoms with Crippen LogP contribution in [0, 0.1) is 0 Å². The fourth-order valence-corrected chi connectivity index (χ4v) is 5.40. The second-order valence-electron chi connectivity index (χ2n) is 5.34. The largest absolute Gasteiger partial charge is 0.326 e. The van der Waals surface area contributed by atoms with Crippen LogP contribution in [0.25, 0.3) is 0 Å². The molecule has 2 N–H and O–H groups in total. The predicted molar refractivity (Wildman–Crippen MR) is 83.3 cm³/mol. The summed E-state index contributed by atoms with van der Waals surface area (Å²) in [5, 5.41) is 0. The van der Waals surface area contributed by atoms with Crippen molar-refractivity contribution in [2.75, 3.05) is 22.1 Å². The monoisotopic (exact) mass is 332 g/mol. The molecule has 8 heteroatoms. The number of nitrogens with zero attached hydrogens (tertiary/aromatic N) is 1. The molecule has 1 saturated carbocycles. The first-order chi connectivity index (χ1) is 9.73. The van der Waals surface area contributed by atoms with Crippen LogP contribution in [-0.4, -0.2) is 40.6 Å². The molecule has 118 valence electrons. The van der Waals surface area contributed by atoms with Crippen LogP contribution in [0.1, 0.15) is 18.4 Å². The highest BCUT2D eigenvalue weighted by Crippen LogP contribution is 2.34. The molecule has 1 fully saturated rings. The van der Waals surface area contributed by atoms with Gasteiger partial charge in [0.05, 0.1) is 17.2 Å². The first-order valence-corrected chi connectivity index (χ1v) is 10.4. The SMILES string of the molecule is CS(=O)(=O)CCS(=O)(=O)N(c1ccc(CN)cc1)C1CC1. The molecule has 6 nitrogen and oxygen atoms in total. The minimum Gasteiger partial charge on any atom is -0.326 e. The molecule has 1 aliphatic rings. The second-order valence-corrected chi connectivity index (χ2v) is 9.57. The number of hydrogen-bond donors (Lipinski definition) is 1. The van der Waals surface area contributed by atoms with Crippen molar-refractivity contribution >= 4 is 25.5 Å². The molecule has 1 aliphatic carbocycles. The molecule has 0 radical (unpaired) electrons. The van der Waals surface area contributed by atoms with Gasteiger partial charge < -0.3 is 5.73 Å². The van der Waals surface area contributed by atoms with E-state index in [1.165, 1.54) is 4.31 Å². The molecule has 0 unspecified atom stereocenters. The van der Waals surface area contributed by atoms with E-state index in [9.17, 15) is 16.8 Å². The summed E-state index contributed by atoms with van der Waals surface area (Å²) in [5.41, 5.74) is 7.02. The highest BCUT2D eigenvalue weighted by atomic mass is 32.2. The Balaban J connectivity index is 2.25. The lowest BCUT2D eigenvalue weighted by Crippen LogP contribution is -2.36. The van der Waals surface area contributed by atoms with Crippen molar-refractivity contribution in [2.45, 2.75) is 25.4 Å². The van der Waals surface area contributed by atoms with E-state index in [4.69, 9.17) is 5.73 Å². The maximum absolute atomic E-state index is 12.5. The summed E-state index contributed by atoms with van der Waals surface area (Å²) in [4.78, 5) is 0. The van der Waals surface area contributed by atoms with E-state index in [0.29, 0.717) is 12.2 Å². The Kier molecular flexibility index (Phi) is 4.60. The van der Waals surface area contributed by atoms with E-state index in [1.807, 2.05) is 0 Å². The van der Waals surface area contributed by atoms with Crippen molar-refractivity contribution in [1.29, 1.82) is 0 Å². The molecule has 0 aliphatic heterocycles. The number of nitrogens with two attached hydrogens (primary N) is 1. The average Bonchev–Trinajstić information content (AvgIpc) is 3.21. The second kappa shape index (κ2) is 5.94. The zero-order valence-corrected chi connectivity index (χ0v) is 13.5. The Hall–Kier alpha value is -1.12. The Morgan fingerprint density at radius 2 is 1.67 bits per heavy atom. The third kappa shape index (κ3) is 4.42. The third-order valence-electron chi connectivity index (χ3n) is 3.32. The summed E-state index contributed by atoms with van der Waals surface area (Å²) in [6.07, 6.45) is 2.65. The molecule has 0 amide bonds.